The van der Waals surface area contributed by atoms with Crippen molar-refractivity contribution in [2.24, 2.45) is 7.05 Å². The first-order chi connectivity index (χ1) is 11.9. The number of hydrogen-bond donors (Lipinski definition) is 1. The quantitative estimate of drug-likeness (QED) is 0.593. The number of benzene rings is 1. The third-order valence-corrected chi connectivity index (χ3v) is 4.45. The monoisotopic (exact) mass is 358 g/mol. The maximum Gasteiger partial charge on any atom is 0.329 e. The Labute approximate surface area is 146 Å². The molecular formula is C16H15ClN6O2. The van der Waals surface area contributed by atoms with Crippen LogP contribution in [-0.2, 0) is 7.05 Å². The van der Waals surface area contributed by atoms with Gasteiger partial charge in [0.15, 0.2) is 17.0 Å². The topological polar surface area (TPSA) is 90.0 Å². The molecule has 3 aromatic heterocycles. The highest BCUT2D eigenvalue weighted by molar-refractivity contribution is 6.30. The predicted molar refractivity (Wildman–Crippen MR) is 95.2 cm³/mol. The van der Waals surface area contributed by atoms with Gasteiger partial charge in [-0.05, 0) is 38.1 Å². The van der Waals surface area contributed by atoms with E-state index in [4.69, 9.17) is 11.6 Å². The molecule has 0 radical (unpaired) electrons. The average Bonchev–Trinajstić information content (AvgIpc) is 3.11. The summed E-state index contributed by atoms with van der Waals surface area (Å²) in [4.78, 5) is 26.9. The van der Waals surface area contributed by atoms with Crippen LogP contribution in [0.5, 0.6) is 0 Å². The largest absolute Gasteiger partial charge is 0.329 e. The molecule has 1 N–H and O–H groups in total. The Hall–Kier alpha value is -2.87. The summed E-state index contributed by atoms with van der Waals surface area (Å²) in [7, 11) is 1.61. The number of rotatable bonds is 2. The first-order valence-electron chi connectivity index (χ1n) is 7.74. The number of fused-ring (bicyclic) bond motifs is 3. The van der Waals surface area contributed by atoms with Gasteiger partial charge in [-0.1, -0.05) is 11.6 Å². The number of hydrogen-bond acceptors (Lipinski definition) is 4. The van der Waals surface area contributed by atoms with Gasteiger partial charge in [0.2, 0.25) is 5.78 Å². The fraction of sp³-hybridized carbons (Fsp3) is 0.250. The maximum atomic E-state index is 12.5. The van der Waals surface area contributed by atoms with Crippen LogP contribution in [0.4, 0.5) is 0 Å². The van der Waals surface area contributed by atoms with Crippen LogP contribution in [-0.4, -0.2) is 28.7 Å². The van der Waals surface area contributed by atoms with Crippen molar-refractivity contribution in [3.05, 3.63) is 50.1 Å². The lowest BCUT2D eigenvalue weighted by Gasteiger charge is -2.07. The van der Waals surface area contributed by atoms with E-state index in [1.165, 1.54) is 4.57 Å². The summed E-state index contributed by atoms with van der Waals surface area (Å²) in [6.07, 6.45) is 0. The zero-order valence-corrected chi connectivity index (χ0v) is 14.6. The molecule has 0 saturated heterocycles. The van der Waals surface area contributed by atoms with Crippen molar-refractivity contribution in [1.29, 1.82) is 0 Å². The standard InChI is InChI=1S/C16H15ClN6O2/c1-8(2)22-11-13(24)18-16(25)21(3)14(11)23-12(19-20-15(22)23)9-4-6-10(17)7-5-9/h4-8H,1-3H3,(H,18,24,25). The van der Waals surface area contributed by atoms with E-state index in [9.17, 15) is 9.59 Å². The third-order valence-electron chi connectivity index (χ3n) is 4.20. The summed E-state index contributed by atoms with van der Waals surface area (Å²) < 4.78 is 4.90. The van der Waals surface area contributed by atoms with Gasteiger partial charge in [-0.15, -0.1) is 10.2 Å². The molecule has 25 heavy (non-hydrogen) atoms. The molecule has 4 aromatic rings. The second-order valence-electron chi connectivity index (χ2n) is 6.12. The summed E-state index contributed by atoms with van der Waals surface area (Å²) in [5.41, 5.74) is 0.687. The van der Waals surface area contributed by atoms with Crippen molar-refractivity contribution in [2.45, 2.75) is 19.9 Å². The molecule has 9 heteroatoms. The zero-order valence-electron chi connectivity index (χ0n) is 13.8. The van der Waals surface area contributed by atoms with Crippen molar-refractivity contribution in [1.82, 2.24) is 28.7 Å². The van der Waals surface area contributed by atoms with Gasteiger partial charge in [0.25, 0.3) is 5.56 Å². The van der Waals surface area contributed by atoms with E-state index in [0.29, 0.717) is 27.8 Å². The Balaban J connectivity index is 2.25. The maximum absolute atomic E-state index is 12.5. The Kier molecular flexibility index (Phi) is 3.33. The number of halogens is 1. The predicted octanol–water partition coefficient (Wildman–Crippen LogP) is 1.97. The van der Waals surface area contributed by atoms with Crippen molar-refractivity contribution >= 4 is 28.5 Å². The number of imidazole rings is 1. The van der Waals surface area contributed by atoms with Crippen LogP contribution in [0.1, 0.15) is 19.9 Å². The fourth-order valence-corrected chi connectivity index (χ4v) is 3.20. The molecule has 4 rings (SSSR count). The number of nitrogens with one attached hydrogen (secondary N) is 1. The van der Waals surface area contributed by atoms with Crippen LogP contribution in [0.3, 0.4) is 0 Å². The second kappa shape index (κ2) is 5.32. The van der Waals surface area contributed by atoms with Crippen molar-refractivity contribution in [3.8, 4) is 11.4 Å². The summed E-state index contributed by atoms with van der Waals surface area (Å²) in [5.74, 6) is 1.04. The molecule has 0 saturated carbocycles. The molecular weight excluding hydrogens is 344 g/mol. The van der Waals surface area contributed by atoms with Gasteiger partial charge in [-0.2, -0.15) is 0 Å². The van der Waals surface area contributed by atoms with Gasteiger partial charge < -0.3 is 0 Å². The highest BCUT2D eigenvalue weighted by Crippen LogP contribution is 2.27. The first-order valence-corrected chi connectivity index (χ1v) is 8.12. The van der Waals surface area contributed by atoms with E-state index in [2.05, 4.69) is 15.2 Å². The minimum atomic E-state index is -0.490. The van der Waals surface area contributed by atoms with E-state index in [0.717, 1.165) is 5.56 Å². The number of H-pyrrole nitrogens is 1. The summed E-state index contributed by atoms with van der Waals surface area (Å²) in [6, 6.07) is 7.11. The molecule has 0 aliphatic heterocycles. The van der Waals surface area contributed by atoms with E-state index in [-0.39, 0.29) is 6.04 Å². The van der Waals surface area contributed by atoms with Gasteiger partial charge in [0.05, 0.1) is 0 Å². The van der Waals surface area contributed by atoms with Gasteiger partial charge in [-0.25, -0.2) is 9.20 Å². The zero-order chi connectivity index (χ0) is 17.9. The molecule has 0 aliphatic carbocycles. The lowest BCUT2D eigenvalue weighted by molar-refractivity contribution is 0.628. The number of aromatic amines is 1. The molecule has 0 aliphatic rings. The van der Waals surface area contributed by atoms with Gasteiger partial charge in [0.1, 0.15) is 0 Å². The van der Waals surface area contributed by atoms with Crippen LogP contribution in [0, 0.1) is 0 Å². The normalized spacial score (nSPS) is 11.9. The van der Waals surface area contributed by atoms with E-state index >= 15 is 0 Å². The molecule has 8 nitrogen and oxygen atoms in total. The van der Waals surface area contributed by atoms with Crippen LogP contribution in [0.2, 0.25) is 5.02 Å². The van der Waals surface area contributed by atoms with Crippen molar-refractivity contribution in [3.63, 3.8) is 0 Å². The van der Waals surface area contributed by atoms with Crippen LogP contribution >= 0.6 is 11.6 Å². The molecule has 0 bridgehead atoms. The molecule has 0 atom stereocenters. The summed E-state index contributed by atoms with van der Waals surface area (Å²) in [6.45, 7) is 3.89. The van der Waals surface area contributed by atoms with Gasteiger partial charge in [0, 0.05) is 23.7 Å². The van der Waals surface area contributed by atoms with E-state index in [1.807, 2.05) is 26.0 Å². The molecule has 1 aromatic carbocycles. The Morgan fingerprint density at radius 3 is 2.44 bits per heavy atom. The lowest BCUT2D eigenvalue weighted by atomic mass is 10.2. The number of nitrogens with zero attached hydrogens (tertiary/aromatic N) is 5. The Morgan fingerprint density at radius 2 is 1.80 bits per heavy atom. The molecule has 0 amide bonds. The Morgan fingerprint density at radius 1 is 1.12 bits per heavy atom. The summed E-state index contributed by atoms with van der Waals surface area (Å²) in [5, 5.41) is 9.14. The average molecular weight is 359 g/mol. The van der Waals surface area contributed by atoms with Gasteiger partial charge in [-0.3, -0.25) is 18.9 Å². The van der Waals surface area contributed by atoms with E-state index < -0.39 is 11.2 Å². The first kappa shape index (κ1) is 15.6. The van der Waals surface area contributed by atoms with Crippen LogP contribution in [0.15, 0.2) is 33.9 Å². The molecule has 0 fully saturated rings. The number of aryl methyl sites for hydroxylation is 1. The van der Waals surface area contributed by atoms with Crippen LogP contribution in [0.25, 0.3) is 28.3 Å². The molecule has 0 unspecified atom stereocenters. The highest BCUT2D eigenvalue weighted by atomic mass is 35.5. The van der Waals surface area contributed by atoms with Crippen molar-refractivity contribution < 1.29 is 0 Å². The van der Waals surface area contributed by atoms with Crippen molar-refractivity contribution in [2.75, 3.05) is 0 Å². The lowest BCUT2D eigenvalue weighted by Crippen LogP contribution is -2.29. The smallest absolute Gasteiger partial charge is 0.300 e. The Bertz CT molecular complexity index is 1230. The minimum Gasteiger partial charge on any atom is -0.300 e. The molecule has 0 spiro atoms. The second-order valence-corrected chi connectivity index (χ2v) is 6.56. The molecule has 3 heterocycles. The summed E-state index contributed by atoms with van der Waals surface area (Å²) >= 11 is 5.96. The highest BCUT2D eigenvalue weighted by Gasteiger charge is 2.23. The SMILES string of the molecule is CC(C)n1c2c(=O)[nH]c(=O)n(C)c2n2c(-c3ccc(Cl)cc3)nnc12. The third kappa shape index (κ3) is 2.14. The van der Waals surface area contributed by atoms with E-state index in [1.54, 1.807) is 28.1 Å². The van der Waals surface area contributed by atoms with Crippen LogP contribution < -0.4 is 11.2 Å². The molecule has 128 valence electrons. The van der Waals surface area contributed by atoms with Gasteiger partial charge >= 0.3 is 5.69 Å². The fourth-order valence-electron chi connectivity index (χ4n) is 3.07. The number of aromatic nitrogens is 6. The minimum absolute atomic E-state index is 0.0409.